The molecule has 0 aliphatic heterocycles. The second kappa shape index (κ2) is 6.88. The van der Waals surface area contributed by atoms with E-state index in [-0.39, 0.29) is 10.6 Å². The summed E-state index contributed by atoms with van der Waals surface area (Å²) in [5.41, 5.74) is 6.31. The predicted octanol–water partition coefficient (Wildman–Crippen LogP) is 2.94. The van der Waals surface area contributed by atoms with Crippen LogP contribution in [0.4, 0.5) is 5.69 Å². The molecule has 0 heterocycles. The molecule has 0 radical (unpaired) electrons. The van der Waals surface area contributed by atoms with Crippen LogP contribution in [0.1, 0.15) is 12.0 Å². The molecular weight excluding hydrogens is 292 g/mol. The molecule has 0 bridgehead atoms. The molecule has 0 aromatic heterocycles. The molecule has 0 saturated heterocycles. The molecule has 16 heavy (non-hydrogen) atoms. The predicted molar refractivity (Wildman–Crippen MR) is 70.6 cm³/mol. The average Bonchev–Trinajstić information content (AvgIpc) is 2.26. The summed E-state index contributed by atoms with van der Waals surface area (Å²) in [5, 5.41) is 10.8. The highest BCUT2D eigenvalue weighted by atomic mass is 79.9. The summed E-state index contributed by atoms with van der Waals surface area (Å²) in [6.07, 6.45) is 0.939. The molecule has 0 amide bonds. The van der Waals surface area contributed by atoms with Crippen molar-refractivity contribution in [2.24, 2.45) is 5.73 Å². The zero-order chi connectivity index (χ0) is 12.0. The summed E-state index contributed by atoms with van der Waals surface area (Å²) >= 11 is 4.90. The summed E-state index contributed by atoms with van der Waals surface area (Å²) < 4.78 is 0.731. The van der Waals surface area contributed by atoms with Crippen molar-refractivity contribution in [2.75, 3.05) is 12.3 Å². The first-order valence-corrected chi connectivity index (χ1v) is 6.80. The van der Waals surface area contributed by atoms with Gasteiger partial charge in [0.25, 0.3) is 5.69 Å². The number of nitrogens with two attached hydrogens (primary N) is 1. The quantitative estimate of drug-likeness (QED) is 0.498. The number of rotatable bonds is 6. The van der Waals surface area contributed by atoms with E-state index in [4.69, 9.17) is 5.73 Å². The number of nitro groups is 1. The summed E-state index contributed by atoms with van der Waals surface area (Å²) in [7, 11) is 0. The first kappa shape index (κ1) is 13.5. The third-order valence-electron chi connectivity index (χ3n) is 1.99. The molecule has 1 rings (SSSR count). The Kier molecular flexibility index (Phi) is 5.79. The Labute approximate surface area is 107 Å². The average molecular weight is 305 g/mol. The topological polar surface area (TPSA) is 69.2 Å². The van der Waals surface area contributed by atoms with Crippen molar-refractivity contribution < 1.29 is 4.92 Å². The number of halogens is 1. The maximum Gasteiger partial charge on any atom is 0.274 e. The SMILES string of the molecule is NCCCSCc1ccc(Br)cc1[N+](=O)[O-]. The van der Waals surface area contributed by atoms with Crippen molar-refractivity contribution in [3.8, 4) is 0 Å². The van der Waals surface area contributed by atoms with Crippen molar-refractivity contribution in [1.82, 2.24) is 0 Å². The lowest BCUT2D eigenvalue weighted by molar-refractivity contribution is -0.385. The van der Waals surface area contributed by atoms with Crippen LogP contribution in [0, 0.1) is 10.1 Å². The van der Waals surface area contributed by atoms with Crippen molar-refractivity contribution in [3.05, 3.63) is 38.3 Å². The Bertz CT molecular complexity index is 374. The standard InChI is InChI=1S/C10H13BrN2O2S/c11-9-3-2-8(7-16-5-1-4-12)10(6-9)13(14)15/h2-3,6H,1,4-5,7,12H2. The number of hydrogen-bond acceptors (Lipinski definition) is 4. The van der Waals surface area contributed by atoms with E-state index in [9.17, 15) is 10.1 Å². The normalized spacial score (nSPS) is 10.4. The maximum absolute atomic E-state index is 10.8. The van der Waals surface area contributed by atoms with Gasteiger partial charge in [-0.15, -0.1) is 0 Å². The third kappa shape index (κ3) is 4.11. The van der Waals surface area contributed by atoms with Gasteiger partial charge in [-0.2, -0.15) is 11.8 Å². The molecule has 88 valence electrons. The maximum atomic E-state index is 10.8. The van der Waals surface area contributed by atoms with Crippen molar-refractivity contribution >= 4 is 33.4 Å². The summed E-state index contributed by atoms with van der Waals surface area (Å²) in [6, 6.07) is 5.16. The van der Waals surface area contributed by atoms with Gasteiger partial charge in [-0.05, 0) is 24.8 Å². The van der Waals surface area contributed by atoms with Gasteiger partial charge in [0.15, 0.2) is 0 Å². The lowest BCUT2D eigenvalue weighted by Gasteiger charge is -2.03. The van der Waals surface area contributed by atoms with Crippen molar-refractivity contribution in [1.29, 1.82) is 0 Å². The van der Waals surface area contributed by atoms with Crippen LogP contribution in [0.2, 0.25) is 0 Å². The molecule has 0 spiro atoms. The summed E-state index contributed by atoms with van der Waals surface area (Å²) in [4.78, 5) is 10.5. The molecule has 2 N–H and O–H groups in total. The monoisotopic (exact) mass is 304 g/mol. The van der Waals surface area contributed by atoms with E-state index in [1.165, 1.54) is 0 Å². The van der Waals surface area contributed by atoms with E-state index < -0.39 is 0 Å². The first-order chi connectivity index (χ1) is 7.65. The highest BCUT2D eigenvalue weighted by molar-refractivity contribution is 9.10. The molecule has 1 aromatic carbocycles. The minimum absolute atomic E-state index is 0.176. The molecule has 0 atom stereocenters. The van der Waals surface area contributed by atoms with Crippen molar-refractivity contribution in [3.63, 3.8) is 0 Å². The number of benzene rings is 1. The number of nitrogens with zero attached hydrogens (tertiary/aromatic N) is 1. The molecular formula is C10H13BrN2O2S. The second-order valence-corrected chi connectivity index (χ2v) is 5.25. The molecule has 0 fully saturated rings. The van der Waals surface area contributed by atoms with Gasteiger partial charge < -0.3 is 5.73 Å². The molecule has 6 heteroatoms. The van der Waals surface area contributed by atoms with E-state index in [1.807, 2.05) is 6.07 Å². The minimum atomic E-state index is -0.344. The van der Waals surface area contributed by atoms with Gasteiger partial charge in [0.05, 0.1) is 4.92 Å². The van der Waals surface area contributed by atoms with Crippen LogP contribution in [-0.4, -0.2) is 17.2 Å². The highest BCUT2D eigenvalue weighted by Gasteiger charge is 2.13. The molecule has 0 aliphatic carbocycles. The van der Waals surface area contributed by atoms with Gasteiger partial charge in [0, 0.05) is 21.9 Å². The number of thioether (sulfide) groups is 1. The van der Waals surface area contributed by atoms with E-state index in [0.29, 0.717) is 12.3 Å². The molecule has 1 aromatic rings. The van der Waals surface area contributed by atoms with E-state index in [0.717, 1.165) is 22.2 Å². The molecule has 0 saturated carbocycles. The Morgan fingerprint density at radius 2 is 2.25 bits per heavy atom. The highest BCUT2D eigenvalue weighted by Crippen LogP contribution is 2.26. The third-order valence-corrected chi connectivity index (χ3v) is 3.58. The van der Waals surface area contributed by atoms with E-state index in [2.05, 4.69) is 15.9 Å². The van der Waals surface area contributed by atoms with Gasteiger partial charge in [0.1, 0.15) is 0 Å². The van der Waals surface area contributed by atoms with Crippen LogP contribution in [-0.2, 0) is 5.75 Å². The molecule has 4 nitrogen and oxygen atoms in total. The smallest absolute Gasteiger partial charge is 0.274 e. The van der Waals surface area contributed by atoms with Gasteiger partial charge in [-0.25, -0.2) is 0 Å². The van der Waals surface area contributed by atoms with Crippen molar-refractivity contribution in [2.45, 2.75) is 12.2 Å². The van der Waals surface area contributed by atoms with Crippen LogP contribution < -0.4 is 5.73 Å². The fraction of sp³-hybridized carbons (Fsp3) is 0.400. The zero-order valence-corrected chi connectivity index (χ0v) is 11.1. The summed E-state index contributed by atoms with van der Waals surface area (Å²) in [5.74, 6) is 1.59. The Hall–Kier alpha value is -0.590. The number of nitro benzene ring substituents is 1. The van der Waals surface area contributed by atoms with Crippen LogP contribution in [0.25, 0.3) is 0 Å². The number of hydrogen-bond donors (Lipinski definition) is 1. The van der Waals surface area contributed by atoms with Gasteiger partial charge in [-0.1, -0.05) is 22.0 Å². The minimum Gasteiger partial charge on any atom is -0.330 e. The van der Waals surface area contributed by atoms with E-state index in [1.54, 1.807) is 23.9 Å². The lowest BCUT2D eigenvalue weighted by Crippen LogP contribution is -2.00. The van der Waals surface area contributed by atoms with Crippen LogP contribution in [0.15, 0.2) is 22.7 Å². The molecule has 0 aliphatic rings. The Balaban J connectivity index is 2.67. The Morgan fingerprint density at radius 3 is 2.88 bits per heavy atom. The molecule has 0 unspecified atom stereocenters. The lowest BCUT2D eigenvalue weighted by atomic mass is 10.2. The van der Waals surface area contributed by atoms with Gasteiger partial charge in [0.2, 0.25) is 0 Å². The largest absolute Gasteiger partial charge is 0.330 e. The fourth-order valence-corrected chi connectivity index (χ4v) is 2.52. The van der Waals surface area contributed by atoms with Gasteiger partial charge in [-0.3, -0.25) is 10.1 Å². The zero-order valence-electron chi connectivity index (χ0n) is 8.69. The summed E-state index contributed by atoms with van der Waals surface area (Å²) in [6.45, 7) is 0.662. The van der Waals surface area contributed by atoms with Gasteiger partial charge >= 0.3 is 0 Å². The second-order valence-electron chi connectivity index (χ2n) is 3.22. The van der Waals surface area contributed by atoms with E-state index >= 15 is 0 Å². The van der Waals surface area contributed by atoms with Crippen LogP contribution >= 0.6 is 27.7 Å². The Morgan fingerprint density at radius 1 is 1.50 bits per heavy atom. The fourth-order valence-electron chi connectivity index (χ4n) is 1.20. The van der Waals surface area contributed by atoms with Crippen LogP contribution in [0.5, 0.6) is 0 Å². The first-order valence-electron chi connectivity index (χ1n) is 4.85. The van der Waals surface area contributed by atoms with Crippen LogP contribution in [0.3, 0.4) is 0 Å².